The fourth-order valence-electron chi connectivity index (χ4n) is 2.05. The maximum Gasteiger partial charge on any atom is 0.0633 e. The van der Waals surface area contributed by atoms with Crippen molar-refractivity contribution in [1.82, 2.24) is 0 Å². The number of aliphatic hydroxyl groups excluding tert-OH is 1. The van der Waals surface area contributed by atoms with Crippen molar-refractivity contribution in [2.24, 2.45) is 0 Å². The minimum absolute atomic E-state index is 0.249. The molecule has 14 heavy (non-hydrogen) atoms. The molecule has 1 aromatic rings. The van der Waals surface area contributed by atoms with Crippen LogP contribution in [0.4, 0.5) is 11.4 Å². The van der Waals surface area contributed by atoms with E-state index < -0.39 is 0 Å². The Morgan fingerprint density at radius 2 is 2.29 bits per heavy atom. The van der Waals surface area contributed by atoms with Gasteiger partial charge < -0.3 is 15.7 Å². The van der Waals surface area contributed by atoms with E-state index in [2.05, 4.69) is 11.0 Å². The van der Waals surface area contributed by atoms with Crippen molar-refractivity contribution in [1.29, 1.82) is 0 Å². The van der Waals surface area contributed by atoms with Crippen molar-refractivity contribution >= 4 is 11.4 Å². The first-order chi connectivity index (χ1) is 6.83. The molecule has 0 radical (unpaired) electrons. The van der Waals surface area contributed by atoms with Crippen LogP contribution in [-0.4, -0.2) is 24.8 Å². The van der Waals surface area contributed by atoms with E-state index in [9.17, 15) is 0 Å². The summed E-state index contributed by atoms with van der Waals surface area (Å²) in [6.45, 7) is 2.18. The van der Waals surface area contributed by atoms with Crippen molar-refractivity contribution in [3.8, 4) is 0 Å². The van der Waals surface area contributed by atoms with E-state index in [0.29, 0.717) is 0 Å². The summed E-state index contributed by atoms with van der Waals surface area (Å²) in [5.41, 5.74) is 9.31. The van der Waals surface area contributed by atoms with E-state index in [-0.39, 0.29) is 6.61 Å². The molecule has 76 valence electrons. The molecule has 0 bridgehead atoms. The number of hydrogen-bond acceptors (Lipinski definition) is 3. The fourth-order valence-corrected chi connectivity index (χ4v) is 2.05. The number of aliphatic hydroxyl groups is 1. The van der Waals surface area contributed by atoms with Crippen LogP contribution in [0.5, 0.6) is 0 Å². The molecule has 2 rings (SSSR count). The van der Waals surface area contributed by atoms with Gasteiger partial charge in [0.25, 0.3) is 0 Å². The molecule has 0 fully saturated rings. The van der Waals surface area contributed by atoms with Gasteiger partial charge in [-0.05, 0) is 24.5 Å². The number of nitrogens with zero attached hydrogens (tertiary/aromatic N) is 1. The summed E-state index contributed by atoms with van der Waals surface area (Å²) < 4.78 is 0. The second kappa shape index (κ2) is 3.88. The van der Waals surface area contributed by atoms with Crippen LogP contribution in [0, 0.1) is 0 Å². The molecule has 0 atom stereocenters. The largest absolute Gasteiger partial charge is 0.397 e. The van der Waals surface area contributed by atoms with Crippen LogP contribution in [0.15, 0.2) is 18.2 Å². The molecule has 0 saturated carbocycles. The van der Waals surface area contributed by atoms with Crippen LogP contribution in [-0.2, 0) is 6.42 Å². The number of anilines is 2. The third-order valence-electron chi connectivity index (χ3n) is 2.70. The topological polar surface area (TPSA) is 49.5 Å². The Balaban J connectivity index is 2.20. The first-order valence-corrected chi connectivity index (χ1v) is 5.06. The molecule has 0 saturated heterocycles. The number of nitrogens with two attached hydrogens (primary N) is 1. The molecule has 0 aromatic heterocycles. The summed E-state index contributed by atoms with van der Waals surface area (Å²) in [6, 6.07) is 6.07. The second-order valence-corrected chi connectivity index (χ2v) is 3.67. The fraction of sp³-hybridized carbons (Fsp3) is 0.455. The van der Waals surface area contributed by atoms with Gasteiger partial charge >= 0.3 is 0 Å². The Hall–Kier alpha value is -1.22. The summed E-state index contributed by atoms with van der Waals surface area (Å²) in [4.78, 5) is 2.26. The molecule has 3 nitrogen and oxygen atoms in total. The number of hydrogen-bond donors (Lipinski definition) is 2. The third-order valence-corrected chi connectivity index (χ3v) is 2.70. The number of rotatable bonds is 3. The van der Waals surface area contributed by atoms with Crippen molar-refractivity contribution < 1.29 is 5.11 Å². The highest BCUT2D eigenvalue weighted by atomic mass is 16.3. The minimum Gasteiger partial charge on any atom is -0.397 e. The molecule has 0 spiro atoms. The van der Waals surface area contributed by atoms with Crippen LogP contribution in [0.2, 0.25) is 0 Å². The van der Waals surface area contributed by atoms with Crippen molar-refractivity contribution in [3.63, 3.8) is 0 Å². The molecule has 0 amide bonds. The van der Waals surface area contributed by atoms with Gasteiger partial charge in [0.1, 0.15) is 0 Å². The lowest BCUT2D eigenvalue weighted by molar-refractivity contribution is 0.290. The van der Waals surface area contributed by atoms with Gasteiger partial charge in [-0.3, -0.25) is 0 Å². The predicted octanol–water partition coefficient (Wildman–Crippen LogP) is 1.01. The monoisotopic (exact) mass is 192 g/mol. The second-order valence-electron chi connectivity index (χ2n) is 3.67. The van der Waals surface area contributed by atoms with Gasteiger partial charge in [-0.1, -0.05) is 12.1 Å². The zero-order chi connectivity index (χ0) is 9.97. The maximum atomic E-state index is 8.79. The molecular formula is C11H16N2O. The van der Waals surface area contributed by atoms with Gasteiger partial charge in [-0.25, -0.2) is 0 Å². The molecule has 0 aliphatic carbocycles. The molecule has 3 N–H and O–H groups in total. The zero-order valence-corrected chi connectivity index (χ0v) is 8.24. The van der Waals surface area contributed by atoms with Gasteiger partial charge in [0.05, 0.1) is 11.4 Å². The molecule has 3 heteroatoms. The number of nitrogen functional groups attached to an aromatic ring is 1. The molecule has 1 aliphatic heterocycles. The quantitative estimate of drug-likeness (QED) is 0.703. The molecule has 1 aliphatic rings. The number of para-hydroxylation sites is 1. The van der Waals surface area contributed by atoms with Gasteiger partial charge in [0, 0.05) is 19.7 Å². The Labute approximate surface area is 84.1 Å². The Kier molecular flexibility index (Phi) is 2.59. The number of fused-ring (bicyclic) bond motifs is 1. The Bertz CT molecular complexity index is 325. The lowest BCUT2D eigenvalue weighted by Gasteiger charge is -2.20. The van der Waals surface area contributed by atoms with Gasteiger partial charge in [0.2, 0.25) is 0 Å². The first-order valence-electron chi connectivity index (χ1n) is 5.06. The molecular weight excluding hydrogens is 176 g/mol. The standard InChI is InChI=1S/C11H16N2O/c12-10-4-1-3-9-5-7-13(11(9)10)6-2-8-14/h1,3-4,14H,2,5-8,12H2. The SMILES string of the molecule is Nc1cccc2c1N(CCCO)CC2. The average Bonchev–Trinajstić information content (AvgIpc) is 2.59. The van der Waals surface area contributed by atoms with Crippen molar-refractivity contribution in [3.05, 3.63) is 23.8 Å². The molecule has 0 unspecified atom stereocenters. The van der Waals surface area contributed by atoms with E-state index in [1.807, 2.05) is 12.1 Å². The number of benzene rings is 1. The smallest absolute Gasteiger partial charge is 0.0633 e. The summed E-state index contributed by atoms with van der Waals surface area (Å²) in [5, 5.41) is 8.79. The molecule has 1 heterocycles. The van der Waals surface area contributed by atoms with E-state index in [0.717, 1.165) is 31.6 Å². The normalized spacial score (nSPS) is 14.5. The van der Waals surface area contributed by atoms with E-state index in [1.54, 1.807) is 0 Å². The Morgan fingerprint density at radius 3 is 3.07 bits per heavy atom. The predicted molar refractivity (Wildman–Crippen MR) is 58.5 cm³/mol. The minimum atomic E-state index is 0.249. The van der Waals surface area contributed by atoms with Crippen LogP contribution in [0.1, 0.15) is 12.0 Å². The Morgan fingerprint density at radius 1 is 1.43 bits per heavy atom. The van der Waals surface area contributed by atoms with E-state index >= 15 is 0 Å². The first kappa shape index (κ1) is 9.34. The van der Waals surface area contributed by atoms with E-state index in [1.165, 1.54) is 11.3 Å². The van der Waals surface area contributed by atoms with Crippen molar-refractivity contribution in [2.75, 3.05) is 30.3 Å². The zero-order valence-electron chi connectivity index (χ0n) is 8.24. The molecule has 1 aromatic carbocycles. The summed E-state index contributed by atoms with van der Waals surface area (Å²) >= 11 is 0. The lowest BCUT2D eigenvalue weighted by atomic mass is 10.1. The maximum absolute atomic E-state index is 8.79. The van der Waals surface area contributed by atoms with Crippen LogP contribution in [0.3, 0.4) is 0 Å². The highest BCUT2D eigenvalue weighted by Gasteiger charge is 2.20. The van der Waals surface area contributed by atoms with Crippen LogP contribution < -0.4 is 10.6 Å². The third kappa shape index (κ3) is 1.55. The summed E-state index contributed by atoms with van der Waals surface area (Å²) in [6.07, 6.45) is 1.89. The lowest BCUT2D eigenvalue weighted by Crippen LogP contribution is -2.23. The van der Waals surface area contributed by atoms with Crippen LogP contribution >= 0.6 is 0 Å². The van der Waals surface area contributed by atoms with Crippen molar-refractivity contribution in [2.45, 2.75) is 12.8 Å². The van der Waals surface area contributed by atoms with Gasteiger partial charge in [-0.15, -0.1) is 0 Å². The highest BCUT2D eigenvalue weighted by Crippen LogP contribution is 2.33. The highest BCUT2D eigenvalue weighted by molar-refractivity contribution is 5.74. The van der Waals surface area contributed by atoms with E-state index in [4.69, 9.17) is 10.8 Å². The summed E-state index contributed by atoms with van der Waals surface area (Å²) in [7, 11) is 0. The van der Waals surface area contributed by atoms with Crippen LogP contribution in [0.25, 0.3) is 0 Å². The average molecular weight is 192 g/mol. The van der Waals surface area contributed by atoms with Gasteiger partial charge in [0.15, 0.2) is 0 Å². The van der Waals surface area contributed by atoms with Gasteiger partial charge in [-0.2, -0.15) is 0 Å². The summed E-state index contributed by atoms with van der Waals surface area (Å²) in [5.74, 6) is 0.